The van der Waals surface area contributed by atoms with Crippen LogP contribution in [0.25, 0.3) is 0 Å². The third-order valence-electron chi connectivity index (χ3n) is 3.62. The van der Waals surface area contributed by atoms with E-state index in [4.69, 9.17) is 14.2 Å². The van der Waals surface area contributed by atoms with Crippen LogP contribution in [0.4, 0.5) is 0 Å². The van der Waals surface area contributed by atoms with Crippen molar-refractivity contribution in [3.63, 3.8) is 0 Å². The summed E-state index contributed by atoms with van der Waals surface area (Å²) in [6.45, 7) is 5.22. The van der Waals surface area contributed by atoms with Crippen molar-refractivity contribution in [1.29, 1.82) is 0 Å². The van der Waals surface area contributed by atoms with Crippen LogP contribution >= 0.6 is 0 Å². The van der Waals surface area contributed by atoms with Crippen molar-refractivity contribution in [2.24, 2.45) is 5.92 Å². The lowest BCUT2D eigenvalue weighted by Gasteiger charge is -2.21. The third kappa shape index (κ3) is 3.61. The summed E-state index contributed by atoms with van der Waals surface area (Å²) in [5.74, 6) is -0.929. The van der Waals surface area contributed by atoms with Crippen LogP contribution in [-0.2, 0) is 19.0 Å². The standard InChI is InChI=1S/C16H20O5/c1-4-13-10(2)14(16(20-13)19-11(3)17)21-15(18)12-8-6-5-7-9-12/h5-10,13-14,16H,4H2,1-3H3/t10-,13-,14+,16-/m0/s1. The number of benzene rings is 1. The van der Waals surface area contributed by atoms with Crippen molar-refractivity contribution < 1.29 is 23.8 Å². The smallest absolute Gasteiger partial charge is 0.338 e. The van der Waals surface area contributed by atoms with E-state index in [-0.39, 0.29) is 12.0 Å². The van der Waals surface area contributed by atoms with Crippen LogP contribution in [0.5, 0.6) is 0 Å². The van der Waals surface area contributed by atoms with Gasteiger partial charge >= 0.3 is 11.9 Å². The second kappa shape index (κ2) is 6.72. The minimum Gasteiger partial charge on any atom is -0.452 e. The number of rotatable bonds is 4. The average molecular weight is 292 g/mol. The van der Waals surface area contributed by atoms with Gasteiger partial charge in [0.1, 0.15) is 0 Å². The topological polar surface area (TPSA) is 61.8 Å². The molecule has 0 radical (unpaired) electrons. The molecule has 1 fully saturated rings. The van der Waals surface area contributed by atoms with Gasteiger partial charge < -0.3 is 14.2 Å². The molecule has 4 atom stereocenters. The molecule has 1 heterocycles. The largest absolute Gasteiger partial charge is 0.452 e. The predicted octanol–water partition coefficient (Wildman–Crippen LogP) is 2.55. The molecule has 1 aliphatic rings. The molecule has 0 unspecified atom stereocenters. The van der Waals surface area contributed by atoms with E-state index < -0.39 is 24.3 Å². The molecule has 5 nitrogen and oxygen atoms in total. The molecule has 21 heavy (non-hydrogen) atoms. The molecule has 1 saturated heterocycles. The molecule has 5 heteroatoms. The zero-order valence-electron chi connectivity index (χ0n) is 12.4. The molecule has 1 aliphatic heterocycles. The molecule has 0 aliphatic carbocycles. The molecule has 0 saturated carbocycles. The van der Waals surface area contributed by atoms with Crippen molar-refractivity contribution in [1.82, 2.24) is 0 Å². The van der Waals surface area contributed by atoms with Crippen LogP contribution in [0.3, 0.4) is 0 Å². The van der Waals surface area contributed by atoms with Crippen molar-refractivity contribution >= 4 is 11.9 Å². The molecule has 114 valence electrons. The van der Waals surface area contributed by atoms with Crippen molar-refractivity contribution in [3.05, 3.63) is 35.9 Å². The van der Waals surface area contributed by atoms with Crippen molar-refractivity contribution in [3.8, 4) is 0 Å². The van der Waals surface area contributed by atoms with E-state index in [1.54, 1.807) is 24.3 Å². The summed E-state index contributed by atoms with van der Waals surface area (Å²) >= 11 is 0. The lowest BCUT2D eigenvalue weighted by Crippen LogP contribution is -2.34. The second-order valence-corrected chi connectivity index (χ2v) is 5.16. The number of esters is 2. The average Bonchev–Trinajstić information content (AvgIpc) is 2.76. The highest BCUT2D eigenvalue weighted by molar-refractivity contribution is 5.89. The van der Waals surface area contributed by atoms with E-state index in [1.165, 1.54) is 6.92 Å². The second-order valence-electron chi connectivity index (χ2n) is 5.16. The summed E-state index contributed by atoms with van der Waals surface area (Å²) in [4.78, 5) is 23.3. The van der Waals surface area contributed by atoms with Gasteiger partial charge in [-0.15, -0.1) is 0 Å². The first kappa shape index (κ1) is 15.5. The van der Waals surface area contributed by atoms with Gasteiger partial charge in [0.05, 0.1) is 11.7 Å². The lowest BCUT2D eigenvalue weighted by molar-refractivity contribution is -0.186. The molecule has 0 spiro atoms. The minimum absolute atomic E-state index is 0.0352. The Kier molecular flexibility index (Phi) is 4.96. The molecule has 0 aromatic heterocycles. The van der Waals surface area contributed by atoms with Crippen LogP contribution in [0.1, 0.15) is 37.6 Å². The summed E-state index contributed by atoms with van der Waals surface area (Å²) in [5, 5.41) is 0. The monoisotopic (exact) mass is 292 g/mol. The maximum atomic E-state index is 12.2. The van der Waals surface area contributed by atoms with Crippen molar-refractivity contribution in [2.45, 2.75) is 45.7 Å². The molecule has 1 aromatic carbocycles. The maximum Gasteiger partial charge on any atom is 0.338 e. The molecule has 0 amide bonds. The number of hydrogen-bond donors (Lipinski definition) is 0. The molecule has 2 rings (SSSR count). The fourth-order valence-electron chi connectivity index (χ4n) is 2.49. The summed E-state index contributed by atoms with van der Waals surface area (Å²) in [6.07, 6.45) is -0.761. The first-order valence-corrected chi connectivity index (χ1v) is 7.11. The number of hydrogen-bond acceptors (Lipinski definition) is 5. The molecule has 1 aromatic rings. The maximum absolute atomic E-state index is 12.2. The molecular formula is C16H20O5. The van der Waals surface area contributed by atoms with E-state index in [1.807, 2.05) is 19.9 Å². The fourth-order valence-corrected chi connectivity index (χ4v) is 2.49. The summed E-state index contributed by atoms with van der Waals surface area (Å²) in [5.41, 5.74) is 0.464. The van der Waals surface area contributed by atoms with Crippen LogP contribution in [-0.4, -0.2) is 30.4 Å². The van der Waals surface area contributed by atoms with Gasteiger partial charge in [-0.25, -0.2) is 4.79 Å². The molecule has 0 bridgehead atoms. The van der Waals surface area contributed by atoms with Gasteiger partial charge in [0.15, 0.2) is 6.10 Å². The SMILES string of the molecule is CC[C@@H]1O[C@H](OC(C)=O)[C@H](OC(=O)c2ccccc2)[C@H]1C. The van der Waals surface area contributed by atoms with Crippen LogP contribution in [0.2, 0.25) is 0 Å². The summed E-state index contributed by atoms with van der Waals surface area (Å²) in [7, 11) is 0. The van der Waals surface area contributed by atoms with E-state index in [0.717, 1.165) is 6.42 Å². The lowest BCUT2D eigenvalue weighted by atomic mass is 9.99. The Morgan fingerprint density at radius 2 is 1.86 bits per heavy atom. The Morgan fingerprint density at radius 1 is 1.19 bits per heavy atom. The minimum atomic E-state index is -0.838. The first-order valence-electron chi connectivity index (χ1n) is 7.11. The highest BCUT2D eigenvalue weighted by atomic mass is 16.7. The van der Waals surface area contributed by atoms with Gasteiger partial charge in [-0.1, -0.05) is 32.0 Å². The number of ether oxygens (including phenoxy) is 3. The normalized spacial score (nSPS) is 28.1. The van der Waals surface area contributed by atoms with Crippen LogP contribution in [0.15, 0.2) is 30.3 Å². The van der Waals surface area contributed by atoms with Gasteiger partial charge in [-0.2, -0.15) is 0 Å². The zero-order valence-corrected chi connectivity index (χ0v) is 12.4. The summed E-state index contributed by atoms with van der Waals surface area (Å²) < 4.78 is 16.3. The van der Waals surface area contributed by atoms with E-state index in [2.05, 4.69) is 0 Å². The Hall–Kier alpha value is -1.88. The zero-order chi connectivity index (χ0) is 15.4. The van der Waals surface area contributed by atoms with Gasteiger partial charge in [-0.3, -0.25) is 4.79 Å². The Labute approximate surface area is 124 Å². The van der Waals surface area contributed by atoms with Crippen LogP contribution in [0, 0.1) is 5.92 Å². The molecule has 0 N–H and O–H groups in total. The highest BCUT2D eigenvalue weighted by Crippen LogP contribution is 2.32. The Bertz CT molecular complexity index is 499. The van der Waals surface area contributed by atoms with Gasteiger partial charge in [0.2, 0.25) is 6.29 Å². The van der Waals surface area contributed by atoms with Crippen LogP contribution < -0.4 is 0 Å². The van der Waals surface area contributed by atoms with E-state index in [9.17, 15) is 9.59 Å². The quantitative estimate of drug-likeness (QED) is 0.798. The fraction of sp³-hybridized carbons (Fsp3) is 0.500. The van der Waals surface area contributed by atoms with Gasteiger partial charge in [0, 0.05) is 12.8 Å². The molecular weight excluding hydrogens is 272 g/mol. The predicted molar refractivity (Wildman–Crippen MR) is 75.5 cm³/mol. The van der Waals surface area contributed by atoms with Gasteiger partial charge in [0.25, 0.3) is 0 Å². The van der Waals surface area contributed by atoms with E-state index in [0.29, 0.717) is 5.56 Å². The van der Waals surface area contributed by atoms with E-state index >= 15 is 0 Å². The highest BCUT2D eigenvalue weighted by Gasteiger charge is 2.45. The van der Waals surface area contributed by atoms with Crippen molar-refractivity contribution in [2.75, 3.05) is 0 Å². The Balaban J connectivity index is 2.11. The Morgan fingerprint density at radius 3 is 2.43 bits per heavy atom. The third-order valence-corrected chi connectivity index (χ3v) is 3.62. The number of carbonyl (C=O) groups excluding carboxylic acids is 2. The number of carbonyl (C=O) groups is 2. The van der Waals surface area contributed by atoms with Gasteiger partial charge in [-0.05, 0) is 18.6 Å². The first-order chi connectivity index (χ1) is 10.0. The summed E-state index contributed by atoms with van der Waals surface area (Å²) in [6, 6.07) is 8.72.